The largest absolute Gasteiger partial charge is 0.492 e. The standard InChI is InChI=1S/C29H33N3O6S/c1-3-37-27-20-26(31-14-16-36-17-15-31)28(38-4-2)19-24(27)30-29(33)22-9-7-10-23(18-22)39(34,35)32-13-12-21-8-5-6-11-25(21)32/h5-11,18-20H,3-4,12-17H2,1-2H3,(H,30,33). The highest BCUT2D eigenvalue weighted by Gasteiger charge is 2.31. The van der Waals surface area contributed by atoms with Gasteiger partial charge in [-0.1, -0.05) is 24.3 Å². The summed E-state index contributed by atoms with van der Waals surface area (Å²) in [6.45, 7) is 7.70. The summed E-state index contributed by atoms with van der Waals surface area (Å²) in [6, 6.07) is 17.2. The summed E-state index contributed by atoms with van der Waals surface area (Å²) in [7, 11) is -3.84. The average molecular weight is 552 g/mol. The molecule has 2 aliphatic rings. The number of rotatable bonds is 9. The molecule has 39 heavy (non-hydrogen) atoms. The first kappa shape index (κ1) is 26.8. The van der Waals surface area contributed by atoms with Gasteiger partial charge in [-0.2, -0.15) is 0 Å². The van der Waals surface area contributed by atoms with Gasteiger partial charge in [-0.15, -0.1) is 0 Å². The topological polar surface area (TPSA) is 97.4 Å². The average Bonchev–Trinajstić information content (AvgIpc) is 3.40. The van der Waals surface area contributed by atoms with Crippen LogP contribution in [0.4, 0.5) is 17.1 Å². The van der Waals surface area contributed by atoms with Gasteiger partial charge in [-0.25, -0.2) is 8.42 Å². The Morgan fingerprint density at radius 1 is 0.897 bits per heavy atom. The van der Waals surface area contributed by atoms with E-state index < -0.39 is 15.9 Å². The fourth-order valence-electron chi connectivity index (χ4n) is 4.92. The molecule has 0 radical (unpaired) electrons. The number of carbonyl (C=O) groups is 1. The summed E-state index contributed by atoms with van der Waals surface area (Å²) in [4.78, 5) is 15.6. The molecule has 1 N–H and O–H groups in total. The van der Waals surface area contributed by atoms with Crippen LogP contribution in [-0.4, -0.2) is 60.4 Å². The fraction of sp³-hybridized carbons (Fsp3) is 0.345. The van der Waals surface area contributed by atoms with E-state index in [0.717, 1.165) is 24.3 Å². The Hall–Kier alpha value is -3.76. The van der Waals surface area contributed by atoms with Crippen LogP contribution in [0.1, 0.15) is 29.8 Å². The Morgan fingerprint density at radius 2 is 1.64 bits per heavy atom. The van der Waals surface area contributed by atoms with Crippen molar-refractivity contribution in [1.82, 2.24) is 0 Å². The van der Waals surface area contributed by atoms with Gasteiger partial charge in [0.25, 0.3) is 15.9 Å². The van der Waals surface area contributed by atoms with Crippen LogP contribution in [-0.2, 0) is 21.2 Å². The smallest absolute Gasteiger partial charge is 0.264 e. The molecule has 0 aromatic heterocycles. The zero-order valence-electron chi connectivity index (χ0n) is 22.2. The zero-order chi connectivity index (χ0) is 27.4. The van der Waals surface area contributed by atoms with Crippen LogP contribution in [0.2, 0.25) is 0 Å². The van der Waals surface area contributed by atoms with E-state index in [-0.39, 0.29) is 10.5 Å². The molecule has 0 atom stereocenters. The lowest BCUT2D eigenvalue weighted by Crippen LogP contribution is -2.36. The third-order valence-corrected chi connectivity index (χ3v) is 8.60. The van der Waals surface area contributed by atoms with E-state index in [1.165, 1.54) is 16.4 Å². The minimum atomic E-state index is -3.84. The maximum Gasteiger partial charge on any atom is 0.264 e. The minimum absolute atomic E-state index is 0.0644. The summed E-state index contributed by atoms with van der Waals surface area (Å²) in [5, 5.41) is 2.91. The van der Waals surface area contributed by atoms with Gasteiger partial charge in [0, 0.05) is 37.3 Å². The Labute approximate surface area is 229 Å². The first-order chi connectivity index (χ1) is 18.9. The van der Waals surface area contributed by atoms with Gasteiger partial charge < -0.3 is 24.4 Å². The number of anilines is 3. The first-order valence-corrected chi connectivity index (χ1v) is 14.6. The molecule has 5 rings (SSSR count). The Kier molecular flexibility index (Phi) is 7.94. The van der Waals surface area contributed by atoms with Crippen LogP contribution in [0.5, 0.6) is 11.5 Å². The fourth-order valence-corrected chi connectivity index (χ4v) is 6.47. The van der Waals surface area contributed by atoms with Crippen molar-refractivity contribution in [2.24, 2.45) is 0 Å². The predicted octanol–water partition coefficient (Wildman–Crippen LogP) is 4.32. The predicted molar refractivity (Wildman–Crippen MR) is 151 cm³/mol. The molecule has 1 saturated heterocycles. The number of hydrogen-bond acceptors (Lipinski definition) is 7. The van der Waals surface area contributed by atoms with Gasteiger partial charge in [-0.05, 0) is 50.1 Å². The number of sulfonamides is 1. The molecule has 0 bridgehead atoms. The molecular weight excluding hydrogens is 518 g/mol. The molecule has 2 heterocycles. The van der Waals surface area contributed by atoms with Gasteiger partial charge in [0.2, 0.25) is 0 Å². The third-order valence-electron chi connectivity index (χ3n) is 6.79. The monoisotopic (exact) mass is 551 g/mol. The highest BCUT2D eigenvalue weighted by Crippen LogP contribution is 2.40. The molecule has 2 aliphatic heterocycles. The van der Waals surface area contributed by atoms with Crippen molar-refractivity contribution in [2.75, 3.05) is 60.6 Å². The lowest BCUT2D eigenvalue weighted by molar-refractivity contribution is 0.102. The van der Waals surface area contributed by atoms with E-state index >= 15 is 0 Å². The van der Waals surface area contributed by atoms with E-state index in [0.29, 0.717) is 62.3 Å². The maximum absolute atomic E-state index is 13.5. The molecule has 1 amide bonds. The van der Waals surface area contributed by atoms with Crippen molar-refractivity contribution < 1.29 is 27.4 Å². The van der Waals surface area contributed by atoms with Gasteiger partial charge in [0.1, 0.15) is 11.5 Å². The number of amides is 1. The van der Waals surface area contributed by atoms with Crippen LogP contribution in [0.15, 0.2) is 65.6 Å². The number of ether oxygens (including phenoxy) is 3. The molecule has 0 unspecified atom stereocenters. The molecule has 206 valence electrons. The van der Waals surface area contributed by atoms with Crippen molar-refractivity contribution in [3.8, 4) is 11.5 Å². The number of benzene rings is 3. The number of nitrogens with one attached hydrogen (secondary N) is 1. The van der Waals surface area contributed by atoms with Crippen LogP contribution in [0, 0.1) is 0 Å². The van der Waals surface area contributed by atoms with Gasteiger partial charge >= 0.3 is 0 Å². The van der Waals surface area contributed by atoms with Crippen molar-refractivity contribution in [3.05, 3.63) is 71.8 Å². The van der Waals surface area contributed by atoms with Gasteiger partial charge in [-0.3, -0.25) is 9.10 Å². The van der Waals surface area contributed by atoms with Crippen molar-refractivity contribution in [1.29, 1.82) is 0 Å². The highest BCUT2D eigenvalue weighted by atomic mass is 32.2. The number of carbonyl (C=O) groups excluding carboxylic acids is 1. The number of fused-ring (bicyclic) bond motifs is 1. The van der Waals surface area contributed by atoms with Gasteiger partial charge in [0.15, 0.2) is 0 Å². The normalized spacial score (nSPS) is 15.1. The second-order valence-corrected chi connectivity index (χ2v) is 11.1. The Morgan fingerprint density at radius 3 is 2.41 bits per heavy atom. The third kappa shape index (κ3) is 5.53. The van der Waals surface area contributed by atoms with Crippen LogP contribution >= 0.6 is 0 Å². The van der Waals surface area contributed by atoms with Crippen LogP contribution in [0.25, 0.3) is 0 Å². The zero-order valence-corrected chi connectivity index (χ0v) is 23.0. The van der Waals surface area contributed by atoms with Crippen molar-refractivity contribution in [3.63, 3.8) is 0 Å². The minimum Gasteiger partial charge on any atom is -0.492 e. The van der Waals surface area contributed by atoms with Crippen LogP contribution < -0.4 is 24.0 Å². The van der Waals surface area contributed by atoms with E-state index in [1.54, 1.807) is 18.2 Å². The molecule has 10 heteroatoms. The Balaban J connectivity index is 1.43. The SMILES string of the molecule is CCOc1cc(N2CCOCC2)c(OCC)cc1NC(=O)c1cccc(S(=O)(=O)N2CCc3ccccc32)c1. The van der Waals surface area contributed by atoms with Gasteiger partial charge in [0.05, 0.1) is 48.4 Å². The summed E-state index contributed by atoms with van der Waals surface area (Å²) in [5.74, 6) is 0.687. The molecule has 3 aromatic rings. The summed E-state index contributed by atoms with van der Waals surface area (Å²) < 4.78 is 45.7. The lowest BCUT2D eigenvalue weighted by atomic mass is 10.1. The van der Waals surface area contributed by atoms with E-state index in [4.69, 9.17) is 14.2 Å². The number of morpholine rings is 1. The molecule has 0 spiro atoms. The molecule has 1 fully saturated rings. The number of nitrogens with zero attached hydrogens (tertiary/aromatic N) is 2. The number of hydrogen-bond donors (Lipinski definition) is 1. The molecule has 9 nitrogen and oxygen atoms in total. The molecule has 3 aromatic carbocycles. The van der Waals surface area contributed by atoms with E-state index in [1.807, 2.05) is 44.2 Å². The second kappa shape index (κ2) is 11.5. The summed E-state index contributed by atoms with van der Waals surface area (Å²) in [6.07, 6.45) is 0.651. The van der Waals surface area contributed by atoms with Crippen molar-refractivity contribution >= 4 is 33.0 Å². The molecule has 0 saturated carbocycles. The van der Waals surface area contributed by atoms with Crippen molar-refractivity contribution in [2.45, 2.75) is 25.2 Å². The molecular formula is C29H33N3O6S. The molecule has 0 aliphatic carbocycles. The quantitative estimate of drug-likeness (QED) is 0.423. The Bertz CT molecular complexity index is 1450. The van der Waals surface area contributed by atoms with E-state index in [9.17, 15) is 13.2 Å². The summed E-state index contributed by atoms with van der Waals surface area (Å²) >= 11 is 0. The van der Waals surface area contributed by atoms with E-state index in [2.05, 4.69) is 10.2 Å². The highest BCUT2D eigenvalue weighted by molar-refractivity contribution is 7.92. The first-order valence-electron chi connectivity index (χ1n) is 13.2. The second-order valence-electron chi connectivity index (χ2n) is 9.22. The lowest BCUT2D eigenvalue weighted by Gasteiger charge is -2.31. The number of para-hydroxylation sites is 1. The maximum atomic E-state index is 13.5. The van der Waals surface area contributed by atoms with Crippen LogP contribution in [0.3, 0.4) is 0 Å². The summed E-state index contributed by atoms with van der Waals surface area (Å²) in [5.41, 5.74) is 3.22.